The van der Waals surface area contributed by atoms with Crippen molar-refractivity contribution >= 4 is 11.6 Å². The highest BCUT2D eigenvalue weighted by molar-refractivity contribution is 5.95. The number of benzene rings is 2. The van der Waals surface area contributed by atoms with Gasteiger partial charge in [-0.1, -0.05) is 24.3 Å². The van der Waals surface area contributed by atoms with E-state index in [1.165, 1.54) is 30.5 Å². The number of halogens is 1. The molecule has 1 saturated carbocycles. The fraction of sp³-hybridized carbons (Fsp3) is 0.370. The van der Waals surface area contributed by atoms with Gasteiger partial charge in [-0.2, -0.15) is 0 Å². The van der Waals surface area contributed by atoms with Gasteiger partial charge in [0.2, 0.25) is 5.69 Å². The Labute approximate surface area is 203 Å². The van der Waals surface area contributed by atoms with Crippen LogP contribution in [-0.2, 0) is 6.42 Å². The molecule has 180 valence electrons. The van der Waals surface area contributed by atoms with Crippen molar-refractivity contribution in [3.63, 3.8) is 0 Å². The minimum atomic E-state index is -0.633. The highest BCUT2D eigenvalue weighted by atomic mass is 19.1. The lowest BCUT2D eigenvalue weighted by Gasteiger charge is -2.17. The van der Waals surface area contributed by atoms with Crippen molar-refractivity contribution in [2.24, 2.45) is 5.73 Å². The minimum Gasteiger partial charge on any atom is -0.396 e. The molecule has 0 unspecified atom stereocenters. The highest BCUT2D eigenvalue weighted by Gasteiger charge is 2.31. The maximum absolute atomic E-state index is 14.6. The first-order valence-corrected chi connectivity index (χ1v) is 12.0. The van der Waals surface area contributed by atoms with E-state index in [2.05, 4.69) is 17.0 Å². The summed E-state index contributed by atoms with van der Waals surface area (Å²) < 4.78 is 16.5. The molecule has 1 atom stereocenters. The average molecular weight is 474 g/mol. The summed E-state index contributed by atoms with van der Waals surface area (Å²) in [5.41, 5.74) is 9.52. The third-order valence-corrected chi connectivity index (χ3v) is 6.79. The monoisotopic (exact) mass is 473 g/mol. The van der Waals surface area contributed by atoms with Gasteiger partial charge < -0.3 is 15.7 Å². The fourth-order valence-corrected chi connectivity index (χ4v) is 4.74. The Kier molecular flexibility index (Phi) is 6.37. The van der Waals surface area contributed by atoms with Gasteiger partial charge >= 0.3 is 0 Å². The fourth-order valence-electron chi connectivity index (χ4n) is 4.74. The van der Waals surface area contributed by atoms with Crippen molar-refractivity contribution in [2.45, 2.75) is 44.1 Å². The second kappa shape index (κ2) is 9.61. The van der Waals surface area contributed by atoms with Gasteiger partial charge in [0.15, 0.2) is 5.69 Å². The SMILES string of the molecule is [C-]#[N+]c1ccc(-c2nc(C(=O)N3CC[C@H](N)C3)c(CCCO)n2-c2ccc(C3CC3)cc2)cc1F. The molecular formula is C27H28FN5O2. The molecule has 35 heavy (non-hydrogen) atoms. The van der Waals surface area contributed by atoms with Gasteiger partial charge in [-0.25, -0.2) is 14.2 Å². The summed E-state index contributed by atoms with van der Waals surface area (Å²) in [7, 11) is 0. The quantitative estimate of drug-likeness (QED) is 0.504. The van der Waals surface area contributed by atoms with Crippen LogP contribution in [0.25, 0.3) is 21.9 Å². The van der Waals surface area contributed by atoms with E-state index in [9.17, 15) is 14.3 Å². The molecule has 1 amide bonds. The number of carbonyl (C=O) groups excluding carboxylic acids is 1. The predicted molar refractivity (Wildman–Crippen MR) is 131 cm³/mol. The van der Waals surface area contributed by atoms with E-state index in [0.717, 1.165) is 12.1 Å². The van der Waals surface area contributed by atoms with E-state index >= 15 is 0 Å². The number of rotatable bonds is 7. The molecule has 3 N–H and O–H groups in total. The summed E-state index contributed by atoms with van der Waals surface area (Å²) in [4.78, 5) is 23.2. The van der Waals surface area contributed by atoms with Crippen molar-refractivity contribution in [3.8, 4) is 17.1 Å². The first kappa shape index (κ1) is 23.2. The number of amides is 1. The molecule has 0 spiro atoms. The van der Waals surface area contributed by atoms with Crippen LogP contribution in [0.1, 0.15) is 53.3 Å². The van der Waals surface area contributed by atoms with Crippen LogP contribution in [-0.4, -0.2) is 51.2 Å². The predicted octanol–water partition coefficient (Wildman–Crippen LogP) is 4.20. The first-order valence-electron chi connectivity index (χ1n) is 12.0. The van der Waals surface area contributed by atoms with Crippen LogP contribution < -0.4 is 5.73 Å². The second-order valence-electron chi connectivity index (χ2n) is 9.34. The molecule has 3 aromatic rings. The Bertz CT molecular complexity index is 1290. The highest BCUT2D eigenvalue weighted by Crippen LogP contribution is 2.40. The van der Waals surface area contributed by atoms with E-state index in [0.29, 0.717) is 54.6 Å². The largest absolute Gasteiger partial charge is 0.396 e. The Hall–Kier alpha value is -3.54. The minimum absolute atomic E-state index is 0.0301. The number of carbonyl (C=O) groups is 1. The second-order valence-corrected chi connectivity index (χ2v) is 9.34. The van der Waals surface area contributed by atoms with Crippen LogP contribution in [0.5, 0.6) is 0 Å². The Morgan fingerprint density at radius 3 is 2.57 bits per heavy atom. The summed E-state index contributed by atoms with van der Waals surface area (Å²) in [6.07, 6.45) is 4.01. The Morgan fingerprint density at radius 2 is 1.97 bits per heavy atom. The number of imidazole rings is 1. The number of likely N-dealkylation sites (tertiary alicyclic amines) is 1. The van der Waals surface area contributed by atoms with Crippen LogP contribution >= 0.6 is 0 Å². The average Bonchev–Trinajstić information content (AvgIpc) is 3.52. The number of hydrogen-bond donors (Lipinski definition) is 2. The van der Waals surface area contributed by atoms with Gasteiger partial charge in [0, 0.05) is 37.0 Å². The molecule has 1 aliphatic carbocycles. The first-order chi connectivity index (χ1) is 17.0. The molecule has 0 bridgehead atoms. The number of aliphatic hydroxyl groups excluding tert-OH is 1. The molecule has 1 saturated heterocycles. The molecule has 5 rings (SSSR count). The van der Waals surface area contributed by atoms with Gasteiger partial charge in [0.1, 0.15) is 11.6 Å². The number of nitrogens with two attached hydrogens (primary N) is 1. The van der Waals surface area contributed by atoms with Crippen molar-refractivity contribution < 1.29 is 14.3 Å². The lowest BCUT2D eigenvalue weighted by Crippen LogP contribution is -2.32. The molecule has 1 aliphatic heterocycles. The van der Waals surface area contributed by atoms with E-state index in [1.54, 1.807) is 11.0 Å². The van der Waals surface area contributed by atoms with E-state index in [4.69, 9.17) is 17.3 Å². The molecule has 2 heterocycles. The zero-order valence-electron chi connectivity index (χ0n) is 19.5. The normalized spacial score (nSPS) is 17.5. The molecule has 7 nitrogen and oxygen atoms in total. The zero-order chi connectivity index (χ0) is 24.5. The number of hydrogen-bond acceptors (Lipinski definition) is 4. The van der Waals surface area contributed by atoms with Crippen molar-refractivity contribution in [1.82, 2.24) is 14.5 Å². The molecule has 1 aromatic heterocycles. The third kappa shape index (κ3) is 4.57. The Morgan fingerprint density at radius 1 is 1.20 bits per heavy atom. The molecular weight excluding hydrogens is 445 g/mol. The van der Waals surface area contributed by atoms with Gasteiger partial charge in [-0.15, -0.1) is 0 Å². The molecule has 0 radical (unpaired) electrons. The van der Waals surface area contributed by atoms with Crippen LogP contribution in [0.15, 0.2) is 42.5 Å². The Balaban J connectivity index is 1.67. The van der Waals surface area contributed by atoms with E-state index < -0.39 is 5.82 Å². The van der Waals surface area contributed by atoms with E-state index in [-0.39, 0.29) is 24.2 Å². The van der Waals surface area contributed by atoms with Gasteiger partial charge in [-0.3, -0.25) is 9.36 Å². The lowest BCUT2D eigenvalue weighted by atomic mass is 10.1. The maximum atomic E-state index is 14.6. The number of aromatic nitrogens is 2. The topological polar surface area (TPSA) is 88.7 Å². The lowest BCUT2D eigenvalue weighted by molar-refractivity contribution is 0.0784. The summed E-state index contributed by atoms with van der Waals surface area (Å²) >= 11 is 0. The van der Waals surface area contributed by atoms with Crippen LogP contribution in [0.3, 0.4) is 0 Å². The maximum Gasteiger partial charge on any atom is 0.274 e. The standard InChI is InChI=1S/C27H28FN5O2/c1-30-23-11-8-19(15-22(23)28)26-31-25(27(35)32-13-12-20(29)16-32)24(3-2-14-34)33(26)21-9-6-18(7-10-21)17-4-5-17/h6-11,15,17,20,34H,2-5,12-14,16,29H2/t20-/m0/s1. The summed E-state index contributed by atoms with van der Waals surface area (Å²) in [6, 6.07) is 12.5. The number of nitrogens with zero attached hydrogens (tertiary/aromatic N) is 4. The van der Waals surface area contributed by atoms with E-state index in [1.807, 2.05) is 16.7 Å². The van der Waals surface area contributed by atoms with Crippen molar-refractivity contribution in [3.05, 3.63) is 76.7 Å². The van der Waals surface area contributed by atoms with Crippen LogP contribution in [0.4, 0.5) is 10.1 Å². The van der Waals surface area contributed by atoms with Crippen molar-refractivity contribution in [1.29, 1.82) is 0 Å². The smallest absolute Gasteiger partial charge is 0.274 e. The third-order valence-electron chi connectivity index (χ3n) is 6.79. The van der Waals surface area contributed by atoms with Crippen LogP contribution in [0, 0.1) is 12.4 Å². The van der Waals surface area contributed by atoms with Gasteiger partial charge in [0.05, 0.1) is 12.3 Å². The summed E-state index contributed by atoms with van der Waals surface area (Å²) in [6.45, 7) is 8.15. The molecule has 2 aliphatic rings. The zero-order valence-corrected chi connectivity index (χ0v) is 19.5. The molecule has 8 heteroatoms. The van der Waals surface area contributed by atoms with Gasteiger partial charge in [-0.05, 0) is 61.8 Å². The van der Waals surface area contributed by atoms with Gasteiger partial charge in [0.25, 0.3) is 5.91 Å². The molecule has 2 fully saturated rings. The van der Waals surface area contributed by atoms with Crippen molar-refractivity contribution in [2.75, 3.05) is 19.7 Å². The molecule has 2 aromatic carbocycles. The number of aliphatic hydroxyl groups is 1. The summed E-state index contributed by atoms with van der Waals surface area (Å²) in [5, 5.41) is 9.57. The summed E-state index contributed by atoms with van der Waals surface area (Å²) in [5.74, 6) is 0.191. The van der Waals surface area contributed by atoms with Crippen LogP contribution in [0.2, 0.25) is 0 Å².